The summed E-state index contributed by atoms with van der Waals surface area (Å²) in [5, 5.41) is 13.8. The van der Waals surface area contributed by atoms with Gasteiger partial charge in [0, 0.05) is 24.2 Å². The Bertz CT molecular complexity index is 1100. The smallest absolute Gasteiger partial charge is 0.478 e. The number of anilines is 1. The summed E-state index contributed by atoms with van der Waals surface area (Å²) in [6.45, 7) is 0. The van der Waals surface area contributed by atoms with Gasteiger partial charge in [-0.15, -0.1) is 13.2 Å². The third kappa shape index (κ3) is 6.28. The van der Waals surface area contributed by atoms with Crippen molar-refractivity contribution in [3.8, 4) is 0 Å². The molecule has 2 unspecified atom stereocenters. The van der Waals surface area contributed by atoms with Gasteiger partial charge >= 0.3 is 18.4 Å². The molecule has 2 aromatic rings. The number of nitrogens with zero attached hydrogens (tertiary/aromatic N) is 1. The van der Waals surface area contributed by atoms with Crippen LogP contribution in [0, 0.1) is 11.7 Å². The van der Waals surface area contributed by atoms with Crippen LogP contribution >= 0.6 is 0 Å². The minimum absolute atomic E-state index is 0.0131. The zero-order chi connectivity index (χ0) is 24.2. The van der Waals surface area contributed by atoms with Crippen molar-refractivity contribution < 1.29 is 41.4 Å². The number of halogens is 5. The van der Waals surface area contributed by atoms with Crippen LogP contribution in [-0.4, -0.2) is 28.5 Å². The number of pyridine rings is 1. The van der Waals surface area contributed by atoms with E-state index in [9.17, 15) is 31.5 Å². The van der Waals surface area contributed by atoms with E-state index in [2.05, 4.69) is 20.4 Å². The second kappa shape index (κ2) is 9.67. The van der Waals surface area contributed by atoms with Crippen LogP contribution in [-0.2, 0) is 4.74 Å². The van der Waals surface area contributed by atoms with Crippen molar-refractivity contribution in [2.45, 2.75) is 18.8 Å². The summed E-state index contributed by atoms with van der Waals surface area (Å²) in [7, 11) is 0. The largest absolute Gasteiger partial charge is 0.573 e. The third-order valence-electron chi connectivity index (χ3n) is 4.59. The first-order valence-corrected chi connectivity index (χ1v) is 9.37. The Labute approximate surface area is 183 Å². The van der Waals surface area contributed by atoms with Crippen molar-refractivity contribution in [3.05, 3.63) is 83.4 Å². The van der Waals surface area contributed by atoms with Crippen molar-refractivity contribution in [3.63, 3.8) is 0 Å². The fourth-order valence-corrected chi connectivity index (χ4v) is 3.13. The number of alkyl halides is 3. The highest BCUT2D eigenvalue weighted by molar-refractivity contribution is 5.91. The Morgan fingerprint density at radius 1 is 1.15 bits per heavy atom. The number of hydrogen-bond acceptors (Lipinski definition) is 4. The molecule has 0 bridgehead atoms. The molecule has 2 atom stereocenters. The SMILES string of the molecule is O=C(Nc1ccc(C(=O)O)cc1)NC(c1ncccc1F)C1C=CC(OC(F)(F)F)=C(F)C1. The van der Waals surface area contributed by atoms with Crippen LogP contribution < -0.4 is 10.6 Å². The summed E-state index contributed by atoms with van der Waals surface area (Å²) in [5.74, 6) is -5.22. The molecule has 3 rings (SSSR count). The van der Waals surface area contributed by atoms with Crippen molar-refractivity contribution in [2.75, 3.05) is 5.32 Å². The number of benzene rings is 1. The molecule has 2 amide bonds. The van der Waals surface area contributed by atoms with E-state index in [0.717, 1.165) is 18.2 Å². The highest BCUT2D eigenvalue weighted by atomic mass is 19.4. The number of carboxylic acids is 1. The Morgan fingerprint density at radius 2 is 1.85 bits per heavy atom. The number of allylic oxidation sites excluding steroid dienone is 2. The lowest BCUT2D eigenvalue weighted by molar-refractivity contribution is -0.304. The van der Waals surface area contributed by atoms with Crippen LogP contribution in [0.4, 0.5) is 32.4 Å². The van der Waals surface area contributed by atoms with E-state index in [1.807, 2.05) is 0 Å². The van der Waals surface area contributed by atoms with Gasteiger partial charge in [-0.2, -0.15) is 0 Å². The molecular weight excluding hydrogens is 453 g/mol. The molecule has 0 saturated heterocycles. The lowest BCUT2D eigenvalue weighted by atomic mass is 9.89. The van der Waals surface area contributed by atoms with Crippen molar-refractivity contribution in [1.29, 1.82) is 0 Å². The first-order valence-electron chi connectivity index (χ1n) is 9.37. The van der Waals surface area contributed by atoms with E-state index in [-0.39, 0.29) is 16.9 Å². The maximum absolute atomic E-state index is 14.4. The van der Waals surface area contributed by atoms with Gasteiger partial charge in [-0.1, -0.05) is 6.08 Å². The number of aromatic carboxylic acids is 1. The van der Waals surface area contributed by atoms with Gasteiger partial charge in [0.1, 0.15) is 11.6 Å². The van der Waals surface area contributed by atoms with Crippen LogP contribution in [0.25, 0.3) is 0 Å². The summed E-state index contributed by atoms with van der Waals surface area (Å²) in [6, 6.07) is 5.40. The highest BCUT2D eigenvalue weighted by Crippen LogP contribution is 2.36. The lowest BCUT2D eigenvalue weighted by Crippen LogP contribution is -2.37. The van der Waals surface area contributed by atoms with Crippen LogP contribution in [0.1, 0.15) is 28.5 Å². The molecular formula is C21H16F5N3O4. The first kappa shape index (κ1) is 23.7. The molecule has 0 radical (unpaired) electrons. The number of carbonyl (C=O) groups is 2. The molecule has 1 aromatic heterocycles. The van der Waals surface area contributed by atoms with Gasteiger partial charge < -0.3 is 20.5 Å². The summed E-state index contributed by atoms with van der Waals surface area (Å²) in [5.41, 5.74) is -0.0544. The zero-order valence-electron chi connectivity index (χ0n) is 16.6. The second-order valence-electron chi connectivity index (χ2n) is 6.87. The molecule has 3 N–H and O–H groups in total. The molecule has 1 aliphatic rings. The molecule has 1 aromatic carbocycles. The monoisotopic (exact) mass is 469 g/mol. The number of ether oxygens (including phenoxy) is 1. The second-order valence-corrected chi connectivity index (χ2v) is 6.87. The minimum Gasteiger partial charge on any atom is -0.478 e. The Morgan fingerprint density at radius 3 is 2.42 bits per heavy atom. The standard InChI is InChI=1S/C21H16F5N3O4/c22-14-2-1-9-27-18(14)17(12-5-8-16(15(23)10-12)33-21(24,25)26)29-20(32)28-13-6-3-11(4-7-13)19(30)31/h1-9,12,17H,10H2,(H,30,31)(H2,28,29,32). The lowest BCUT2D eigenvalue weighted by Gasteiger charge is -2.28. The number of aromatic nitrogens is 1. The van der Waals surface area contributed by atoms with Gasteiger partial charge in [0.25, 0.3) is 0 Å². The summed E-state index contributed by atoms with van der Waals surface area (Å²) in [6.07, 6.45) is -2.55. The number of amides is 2. The predicted molar refractivity (Wildman–Crippen MR) is 105 cm³/mol. The van der Waals surface area contributed by atoms with Crippen LogP contribution in [0.3, 0.4) is 0 Å². The van der Waals surface area contributed by atoms with E-state index in [1.54, 1.807) is 0 Å². The van der Waals surface area contributed by atoms with Gasteiger partial charge in [-0.25, -0.2) is 18.4 Å². The molecule has 1 heterocycles. The molecule has 7 nitrogen and oxygen atoms in total. The van der Waals surface area contributed by atoms with Crippen LogP contribution in [0.2, 0.25) is 0 Å². The normalized spacial score (nSPS) is 16.8. The van der Waals surface area contributed by atoms with Crippen LogP contribution in [0.15, 0.2) is 66.3 Å². The highest BCUT2D eigenvalue weighted by Gasteiger charge is 2.36. The quantitative estimate of drug-likeness (QED) is 0.513. The summed E-state index contributed by atoms with van der Waals surface area (Å²) >= 11 is 0. The maximum atomic E-state index is 14.4. The van der Waals surface area contributed by atoms with Gasteiger partial charge in [0.15, 0.2) is 5.76 Å². The molecule has 0 aliphatic heterocycles. The fraction of sp³-hybridized carbons (Fsp3) is 0.190. The predicted octanol–water partition coefficient (Wildman–Crippen LogP) is 5.08. The Hall–Kier alpha value is -3.96. The van der Waals surface area contributed by atoms with Crippen LogP contribution in [0.5, 0.6) is 0 Å². The van der Waals surface area contributed by atoms with Gasteiger partial charge in [-0.05, 0) is 42.5 Å². The molecule has 0 fully saturated rings. The Kier molecular flexibility index (Phi) is 6.95. The number of urea groups is 1. The molecule has 0 saturated carbocycles. The number of rotatable bonds is 6. The van der Waals surface area contributed by atoms with Crippen molar-refractivity contribution in [1.82, 2.24) is 10.3 Å². The van der Waals surface area contributed by atoms with Gasteiger partial charge in [0.05, 0.1) is 17.3 Å². The summed E-state index contributed by atoms with van der Waals surface area (Å²) in [4.78, 5) is 27.3. The van der Waals surface area contributed by atoms with E-state index in [1.165, 1.54) is 36.5 Å². The van der Waals surface area contributed by atoms with Crippen molar-refractivity contribution in [2.24, 2.45) is 5.92 Å². The molecule has 12 heteroatoms. The first-order chi connectivity index (χ1) is 15.5. The molecule has 33 heavy (non-hydrogen) atoms. The average molecular weight is 469 g/mol. The number of nitrogens with one attached hydrogen (secondary N) is 2. The molecule has 1 aliphatic carbocycles. The number of hydrogen-bond donors (Lipinski definition) is 3. The third-order valence-corrected chi connectivity index (χ3v) is 4.59. The molecule has 174 valence electrons. The topological polar surface area (TPSA) is 101 Å². The number of carboxylic acid groups (broad SMARTS) is 1. The Balaban J connectivity index is 1.80. The van der Waals surface area contributed by atoms with Crippen molar-refractivity contribution >= 4 is 17.7 Å². The van der Waals surface area contributed by atoms with Gasteiger partial charge in [0.2, 0.25) is 0 Å². The van der Waals surface area contributed by atoms with E-state index >= 15 is 0 Å². The van der Waals surface area contributed by atoms with Gasteiger partial charge in [-0.3, -0.25) is 4.98 Å². The minimum atomic E-state index is -5.09. The fourth-order valence-electron chi connectivity index (χ4n) is 3.13. The maximum Gasteiger partial charge on any atom is 0.573 e. The number of carbonyl (C=O) groups excluding carboxylic acids is 1. The van der Waals surface area contributed by atoms with E-state index in [4.69, 9.17) is 5.11 Å². The van der Waals surface area contributed by atoms with E-state index < -0.39 is 54.1 Å². The molecule has 0 spiro atoms. The average Bonchev–Trinajstić information content (AvgIpc) is 2.73. The van der Waals surface area contributed by atoms with E-state index in [0.29, 0.717) is 0 Å². The zero-order valence-corrected chi connectivity index (χ0v) is 16.6. The summed E-state index contributed by atoms with van der Waals surface area (Å²) < 4.78 is 69.6.